The molecule has 0 aromatic heterocycles. The molecule has 2 nitrogen and oxygen atoms in total. The van der Waals surface area contributed by atoms with Gasteiger partial charge in [0.25, 0.3) is 0 Å². The van der Waals surface area contributed by atoms with Crippen LogP contribution in [0.4, 0.5) is 0 Å². The van der Waals surface area contributed by atoms with Crippen LogP contribution in [0.5, 0.6) is 0 Å². The van der Waals surface area contributed by atoms with E-state index in [1.165, 1.54) is 51.4 Å². The molecule has 122 valence electrons. The Morgan fingerprint density at radius 2 is 1.15 bits per heavy atom. The fourth-order valence-corrected chi connectivity index (χ4v) is 3.17. The molecule has 0 radical (unpaired) electrons. The van der Waals surface area contributed by atoms with Crippen molar-refractivity contribution in [1.29, 1.82) is 0 Å². The Kier molecular flexibility index (Phi) is 14.5. The molecule has 2 unspecified atom stereocenters. The summed E-state index contributed by atoms with van der Waals surface area (Å²) in [6.45, 7) is 12.9. The molecular weight excluding hydrogens is 267 g/mol. The van der Waals surface area contributed by atoms with Crippen molar-refractivity contribution in [2.24, 2.45) is 11.8 Å². The van der Waals surface area contributed by atoms with Crippen molar-refractivity contribution in [3.63, 3.8) is 0 Å². The van der Waals surface area contributed by atoms with E-state index in [9.17, 15) is 0 Å². The zero-order chi connectivity index (χ0) is 15.2. The van der Waals surface area contributed by atoms with Gasteiger partial charge in [-0.3, -0.25) is 0 Å². The van der Waals surface area contributed by atoms with Crippen LogP contribution in [0.1, 0.15) is 79.1 Å². The molecule has 0 spiro atoms. The highest BCUT2D eigenvalue weighted by atomic mass is 31.2. The quantitative estimate of drug-likeness (QED) is 0.346. The maximum absolute atomic E-state index is 5.93. The summed E-state index contributed by atoms with van der Waals surface area (Å²) in [5.41, 5.74) is 0. The van der Waals surface area contributed by atoms with E-state index in [4.69, 9.17) is 9.05 Å². The molecule has 0 aliphatic heterocycles. The maximum Gasteiger partial charge on any atom is 0.167 e. The minimum absolute atomic E-state index is 0.687. The van der Waals surface area contributed by atoms with Gasteiger partial charge in [-0.05, 0) is 24.7 Å². The van der Waals surface area contributed by atoms with Crippen molar-refractivity contribution >= 4 is 8.38 Å². The Balaban J connectivity index is 3.76. The molecule has 0 N–H and O–H groups in total. The summed E-state index contributed by atoms with van der Waals surface area (Å²) in [5, 5.41) is 0. The molecule has 0 saturated heterocycles. The molecule has 0 aliphatic rings. The molecule has 0 aromatic carbocycles. The van der Waals surface area contributed by atoms with Crippen LogP contribution >= 0.6 is 8.38 Å². The van der Waals surface area contributed by atoms with E-state index < -0.39 is 8.38 Å². The van der Waals surface area contributed by atoms with Gasteiger partial charge in [0.15, 0.2) is 8.38 Å². The molecule has 0 bridgehead atoms. The molecule has 0 fully saturated rings. The highest BCUT2D eigenvalue weighted by molar-refractivity contribution is 7.46. The Labute approximate surface area is 128 Å². The Bertz CT molecular complexity index is 179. The Morgan fingerprint density at radius 1 is 0.750 bits per heavy atom. The molecule has 0 heterocycles. The first-order valence-corrected chi connectivity index (χ1v) is 10.3. The standard InChI is InChI=1S/C17H37O2P/c1-6-10-12-16(8-3)14-18-20(5)19-15-17(9-4)13-11-7-2/h16-17H,6-15H2,1-5H3. The van der Waals surface area contributed by atoms with E-state index in [0.717, 1.165) is 13.2 Å². The SMILES string of the molecule is CCCCC(CC)COP(C)OCC(CC)CCCC. The first-order chi connectivity index (χ1) is 9.67. The molecule has 2 atom stereocenters. The molecule has 0 amide bonds. The van der Waals surface area contributed by atoms with Crippen molar-refractivity contribution < 1.29 is 9.05 Å². The smallest absolute Gasteiger partial charge is 0.167 e. The lowest BCUT2D eigenvalue weighted by atomic mass is 10.0. The second kappa shape index (κ2) is 14.3. The number of rotatable bonds is 14. The summed E-state index contributed by atoms with van der Waals surface area (Å²) in [4.78, 5) is 0. The molecule has 0 aromatic rings. The maximum atomic E-state index is 5.93. The van der Waals surface area contributed by atoms with Gasteiger partial charge in [-0.15, -0.1) is 0 Å². The van der Waals surface area contributed by atoms with Crippen molar-refractivity contribution in [2.45, 2.75) is 79.1 Å². The van der Waals surface area contributed by atoms with Crippen LogP contribution in [0.3, 0.4) is 0 Å². The van der Waals surface area contributed by atoms with Crippen LogP contribution < -0.4 is 0 Å². The second-order valence-corrected chi connectivity index (χ2v) is 7.26. The van der Waals surface area contributed by atoms with Gasteiger partial charge in [0.05, 0.1) is 13.2 Å². The third-order valence-corrected chi connectivity index (χ3v) is 5.10. The zero-order valence-electron chi connectivity index (χ0n) is 14.5. The largest absolute Gasteiger partial charge is 0.334 e. The minimum Gasteiger partial charge on any atom is -0.334 e. The van der Waals surface area contributed by atoms with Crippen LogP contribution in [0.2, 0.25) is 0 Å². The average molecular weight is 304 g/mol. The fraction of sp³-hybridized carbons (Fsp3) is 1.00. The van der Waals surface area contributed by atoms with E-state index in [1.54, 1.807) is 0 Å². The summed E-state index contributed by atoms with van der Waals surface area (Å²) < 4.78 is 11.9. The predicted octanol–water partition coefficient (Wildman–Crippen LogP) is 6.39. The van der Waals surface area contributed by atoms with Gasteiger partial charge < -0.3 is 9.05 Å². The van der Waals surface area contributed by atoms with Gasteiger partial charge >= 0.3 is 0 Å². The molecule has 0 aliphatic carbocycles. The first-order valence-electron chi connectivity index (χ1n) is 8.67. The molecule has 0 saturated carbocycles. The molecule has 0 rings (SSSR count). The number of unbranched alkanes of at least 4 members (excludes halogenated alkanes) is 2. The van der Waals surface area contributed by atoms with Crippen molar-refractivity contribution in [3.05, 3.63) is 0 Å². The van der Waals surface area contributed by atoms with Crippen molar-refractivity contribution in [2.75, 3.05) is 19.9 Å². The summed E-state index contributed by atoms with van der Waals surface area (Å²) in [6, 6.07) is 0. The molecule has 3 heteroatoms. The van der Waals surface area contributed by atoms with Gasteiger partial charge in [-0.2, -0.15) is 0 Å². The lowest BCUT2D eigenvalue weighted by Crippen LogP contribution is -2.10. The summed E-state index contributed by atoms with van der Waals surface area (Å²) >= 11 is 0. The van der Waals surface area contributed by atoms with Crippen LogP contribution in [-0.4, -0.2) is 19.9 Å². The van der Waals surface area contributed by atoms with E-state index in [-0.39, 0.29) is 0 Å². The minimum atomic E-state index is -0.687. The Hall–Kier alpha value is 0.350. The topological polar surface area (TPSA) is 18.5 Å². The Morgan fingerprint density at radius 3 is 1.45 bits per heavy atom. The van der Waals surface area contributed by atoms with Crippen LogP contribution in [-0.2, 0) is 9.05 Å². The number of hydrogen-bond acceptors (Lipinski definition) is 2. The highest BCUT2D eigenvalue weighted by Gasteiger charge is 2.12. The normalized spacial score (nSPS) is 16.1. The van der Waals surface area contributed by atoms with Gasteiger partial charge in [-0.1, -0.05) is 66.2 Å². The summed E-state index contributed by atoms with van der Waals surface area (Å²) in [7, 11) is -0.687. The van der Waals surface area contributed by atoms with Gasteiger partial charge in [0.1, 0.15) is 0 Å². The van der Waals surface area contributed by atoms with Crippen molar-refractivity contribution in [3.8, 4) is 0 Å². The van der Waals surface area contributed by atoms with Crippen LogP contribution in [0, 0.1) is 11.8 Å². The molecular formula is C17H37O2P. The lowest BCUT2D eigenvalue weighted by Gasteiger charge is -2.21. The summed E-state index contributed by atoms with van der Waals surface area (Å²) in [5.74, 6) is 1.43. The summed E-state index contributed by atoms with van der Waals surface area (Å²) in [6.07, 6.45) is 10.2. The van der Waals surface area contributed by atoms with Gasteiger partial charge in [0.2, 0.25) is 0 Å². The molecule has 20 heavy (non-hydrogen) atoms. The number of hydrogen-bond donors (Lipinski definition) is 0. The van der Waals surface area contributed by atoms with E-state index in [0.29, 0.717) is 11.8 Å². The lowest BCUT2D eigenvalue weighted by molar-refractivity contribution is 0.184. The average Bonchev–Trinajstić information content (AvgIpc) is 2.47. The van der Waals surface area contributed by atoms with Crippen LogP contribution in [0.25, 0.3) is 0 Å². The van der Waals surface area contributed by atoms with Gasteiger partial charge in [0, 0.05) is 6.66 Å². The van der Waals surface area contributed by atoms with Crippen LogP contribution in [0.15, 0.2) is 0 Å². The third kappa shape index (κ3) is 11.1. The van der Waals surface area contributed by atoms with E-state index in [2.05, 4.69) is 34.4 Å². The van der Waals surface area contributed by atoms with Crippen molar-refractivity contribution in [1.82, 2.24) is 0 Å². The fourth-order valence-electron chi connectivity index (χ4n) is 2.25. The zero-order valence-corrected chi connectivity index (χ0v) is 15.4. The first kappa shape index (κ1) is 20.3. The highest BCUT2D eigenvalue weighted by Crippen LogP contribution is 2.36. The second-order valence-electron chi connectivity index (χ2n) is 5.86. The van der Waals surface area contributed by atoms with E-state index in [1.807, 2.05) is 0 Å². The predicted molar refractivity (Wildman–Crippen MR) is 91.4 cm³/mol. The monoisotopic (exact) mass is 304 g/mol. The van der Waals surface area contributed by atoms with E-state index >= 15 is 0 Å². The third-order valence-electron chi connectivity index (χ3n) is 4.07. The van der Waals surface area contributed by atoms with Gasteiger partial charge in [-0.25, -0.2) is 0 Å².